The highest BCUT2D eigenvalue weighted by Crippen LogP contribution is 1.98. The summed E-state index contributed by atoms with van der Waals surface area (Å²) in [7, 11) is 1.78. The van der Waals surface area contributed by atoms with Gasteiger partial charge in [-0.3, -0.25) is 9.67 Å². The van der Waals surface area contributed by atoms with Gasteiger partial charge in [-0.05, 0) is 12.8 Å². The lowest BCUT2D eigenvalue weighted by Crippen LogP contribution is -2.45. The summed E-state index contributed by atoms with van der Waals surface area (Å²) in [6.07, 6.45) is 3.24. The van der Waals surface area contributed by atoms with Crippen molar-refractivity contribution in [1.29, 1.82) is 0 Å². The van der Waals surface area contributed by atoms with Crippen molar-refractivity contribution in [3.63, 3.8) is 0 Å². The first kappa shape index (κ1) is 13.5. The van der Waals surface area contributed by atoms with Gasteiger partial charge in [0.2, 0.25) is 0 Å². The third-order valence-electron chi connectivity index (χ3n) is 2.69. The molecule has 1 aromatic rings. The summed E-state index contributed by atoms with van der Waals surface area (Å²) < 4.78 is 1.78. The number of hydrogen-bond donors (Lipinski definition) is 2. The fourth-order valence-corrected chi connectivity index (χ4v) is 1.21. The molecule has 0 fully saturated rings. The highest BCUT2D eigenvalue weighted by molar-refractivity contribution is 5.79. The summed E-state index contributed by atoms with van der Waals surface area (Å²) in [5.74, 6) is 1.40. The van der Waals surface area contributed by atoms with E-state index in [1.54, 1.807) is 18.1 Å². The summed E-state index contributed by atoms with van der Waals surface area (Å²) in [5, 5.41) is 10.6. The number of hydrogen-bond acceptors (Lipinski definition) is 3. The van der Waals surface area contributed by atoms with E-state index in [0.717, 1.165) is 19.0 Å². The fourth-order valence-electron chi connectivity index (χ4n) is 1.21. The normalized spacial score (nSPS) is 13.8. The van der Waals surface area contributed by atoms with Gasteiger partial charge in [0, 0.05) is 19.6 Å². The average Bonchev–Trinajstić information content (AvgIpc) is 2.80. The third kappa shape index (κ3) is 4.84. The lowest BCUT2D eigenvalue weighted by molar-refractivity contribution is 0.479. The molecule has 1 aromatic heterocycles. The van der Waals surface area contributed by atoms with Crippen molar-refractivity contribution in [3.05, 3.63) is 12.7 Å². The van der Waals surface area contributed by atoms with E-state index in [4.69, 9.17) is 0 Å². The maximum absolute atomic E-state index is 4.18. The largest absolute Gasteiger partial charge is 0.355 e. The molecular weight excluding hydrogens is 216 g/mol. The van der Waals surface area contributed by atoms with E-state index in [-0.39, 0.29) is 0 Å². The zero-order chi connectivity index (χ0) is 12.7. The van der Waals surface area contributed by atoms with Gasteiger partial charge in [-0.15, -0.1) is 0 Å². The molecule has 1 atom stereocenters. The number of aliphatic imine (C=N–C) groups is 1. The Labute approximate surface area is 103 Å². The SMILES string of the molecule is CN=C(NCCn1cncn1)NC(C)C(C)C. The van der Waals surface area contributed by atoms with Crippen molar-refractivity contribution in [2.24, 2.45) is 10.9 Å². The van der Waals surface area contributed by atoms with Crippen LogP contribution in [0, 0.1) is 5.92 Å². The zero-order valence-electron chi connectivity index (χ0n) is 11.0. The molecule has 0 aliphatic heterocycles. The van der Waals surface area contributed by atoms with Gasteiger partial charge in [-0.2, -0.15) is 5.10 Å². The second kappa shape index (κ2) is 6.88. The molecule has 17 heavy (non-hydrogen) atoms. The van der Waals surface area contributed by atoms with E-state index < -0.39 is 0 Å². The number of nitrogens with zero attached hydrogens (tertiary/aromatic N) is 4. The van der Waals surface area contributed by atoms with Crippen molar-refractivity contribution in [2.45, 2.75) is 33.4 Å². The summed E-state index contributed by atoms with van der Waals surface area (Å²) in [6, 6.07) is 0.396. The van der Waals surface area contributed by atoms with Crippen LogP contribution in [0.5, 0.6) is 0 Å². The lowest BCUT2D eigenvalue weighted by atomic mass is 10.1. The monoisotopic (exact) mass is 238 g/mol. The second-order valence-electron chi connectivity index (χ2n) is 4.33. The molecule has 0 spiro atoms. The standard InChI is InChI=1S/C11H22N6/c1-9(2)10(3)16-11(12-4)14-5-6-17-8-13-7-15-17/h7-10H,5-6H2,1-4H3,(H2,12,14,16). The molecule has 6 heteroatoms. The van der Waals surface area contributed by atoms with Crippen LogP contribution in [0.25, 0.3) is 0 Å². The Hall–Kier alpha value is -1.59. The molecule has 0 aromatic carbocycles. The Morgan fingerprint density at radius 3 is 2.71 bits per heavy atom. The van der Waals surface area contributed by atoms with Crippen LogP contribution >= 0.6 is 0 Å². The van der Waals surface area contributed by atoms with Crippen LogP contribution in [-0.4, -0.2) is 40.4 Å². The zero-order valence-corrected chi connectivity index (χ0v) is 11.0. The molecule has 0 aliphatic carbocycles. The molecule has 0 aliphatic rings. The topological polar surface area (TPSA) is 67.1 Å². The van der Waals surface area contributed by atoms with Crippen molar-refractivity contribution >= 4 is 5.96 Å². The smallest absolute Gasteiger partial charge is 0.191 e. The summed E-state index contributed by atoms with van der Waals surface area (Å²) in [5.41, 5.74) is 0. The van der Waals surface area contributed by atoms with E-state index in [0.29, 0.717) is 12.0 Å². The predicted octanol–water partition coefficient (Wildman–Crippen LogP) is 0.488. The number of rotatable bonds is 5. The van der Waals surface area contributed by atoms with Crippen LogP contribution in [0.15, 0.2) is 17.6 Å². The lowest BCUT2D eigenvalue weighted by Gasteiger charge is -2.20. The van der Waals surface area contributed by atoms with Gasteiger partial charge in [0.25, 0.3) is 0 Å². The quantitative estimate of drug-likeness (QED) is 0.578. The van der Waals surface area contributed by atoms with E-state index in [9.17, 15) is 0 Å². The minimum Gasteiger partial charge on any atom is -0.355 e. The molecule has 96 valence electrons. The van der Waals surface area contributed by atoms with Crippen molar-refractivity contribution in [3.8, 4) is 0 Å². The molecule has 0 bridgehead atoms. The first-order valence-corrected chi connectivity index (χ1v) is 5.93. The second-order valence-corrected chi connectivity index (χ2v) is 4.33. The van der Waals surface area contributed by atoms with Crippen LogP contribution in [0.1, 0.15) is 20.8 Å². The van der Waals surface area contributed by atoms with Crippen molar-refractivity contribution in [1.82, 2.24) is 25.4 Å². The Morgan fingerprint density at radius 1 is 1.41 bits per heavy atom. The van der Waals surface area contributed by atoms with Crippen molar-refractivity contribution < 1.29 is 0 Å². The minimum absolute atomic E-state index is 0.396. The molecule has 0 amide bonds. The summed E-state index contributed by atoms with van der Waals surface area (Å²) >= 11 is 0. The maximum atomic E-state index is 4.18. The number of aromatic nitrogens is 3. The Bertz CT molecular complexity index is 330. The average molecular weight is 238 g/mol. The van der Waals surface area contributed by atoms with Gasteiger partial charge < -0.3 is 10.6 Å². The molecule has 2 N–H and O–H groups in total. The van der Waals surface area contributed by atoms with Gasteiger partial charge in [0.1, 0.15) is 12.7 Å². The Balaban J connectivity index is 2.28. The van der Waals surface area contributed by atoms with Gasteiger partial charge in [0.05, 0.1) is 6.54 Å². The Morgan fingerprint density at radius 2 is 2.18 bits per heavy atom. The highest BCUT2D eigenvalue weighted by Gasteiger charge is 2.08. The number of guanidine groups is 1. The third-order valence-corrected chi connectivity index (χ3v) is 2.69. The van der Waals surface area contributed by atoms with Gasteiger partial charge >= 0.3 is 0 Å². The molecule has 0 saturated carbocycles. The Kier molecular flexibility index (Phi) is 5.45. The van der Waals surface area contributed by atoms with Gasteiger partial charge in [-0.1, -0.05) is 13.8 Å². The maximum Gasteiger partial charge on any atom is 0.191 e. The fraction of sp³-hybridized carbons (Fsp3) is 0.727. The molecule has 0 radical (unpaired) electrons. The van der Waals surface area contributed by atoms with Crippen LogP contribution in [0.4, 0.5) is 0 Å². The molecule has 6 nitrogen and oxygen atoms in total. The molecule has 1 unspecified atom stereocenters. The van der Waals surface area contributed by atoms with Crippen molar-refractivity contribution in [2.75, 3.05) is 13.6 Å². The number of nitrogens with one attached hydrogen (secondary N) is 2. The first-order valence-electron chi connectivity index (χ1n) is 5.93. The molecule has 1 heterocycles. The van der Waals surface area contributed by atoms with Crippen LogP contribution < -0.4 is 10.6 Å². The molecule has 0 saturated heterocycles. The van der Waals surface area contributed by atoms with Crippen LogP contribution in [0.3, 0.4) is 0 Å². The van der Waals surface area contributed by atoms with Crippen LogP contribution in [-0.2, 0) is 6.54 Å². The van der Waals surface area contributed by atoms with E-state index >= 15 is 0 Å². The minimum atomic E-state index is 0.396. The predicted molar refractivity (Wildman–Crippen MR) is 68.8 cm³/mol. The first-order chi connectivity index (χ1) is 8.13. The van der Waals surface area contributed by atoms with Gasteiger partial charge in [-0.25, -0.2) is 4.98 Å². The van der Waals surface area contributed by atoms with E-state index in [1.165, 1.54) is 6.33 Å². The summed E-state index contributed by atoms with van der Waals surface area (Å²) in [4.78, 5) is 8.07. The summed E-state index contributed by atoms with van der Waals surface area (Å²) in [6.45, 7) is 8.06. The molecule has 1 rings (SSSR count). The van der Waals surface area contributed by atoms with E-state index in [2.05, 4.69) is 46.5 Å². The highest BCUT2D eigenvalue weighted by atomic mass is 15.3. The molecular formula is C11H22N6. The van der Waals surface area contributed by atoms with Crippen LogP contribution in [0.2, 0.25) is 0 Å². The van der Waals surface area contributed by atoms with E-state index in [1.807, 2.05) is 0 Å². The van der Waals surface area contributed by atoms with Gasteiger partial charge in [0.15, 0.2) is 5.96 Å².